The van der Waals surface area contributed by atoms with Crippen LogP contribution in [0.3, 0.4) is 0 Å². The van der Waals surface area contributed by atoms with Gasteiger partial charge in [-0.2, -0.15) is 5.10 Å². The number of nitrogens with zero attached hydrogens (tertiary/aromatic N) is 2. The van der Waals surface area contributed by atoms with Gasteiger partial charge in [0.25, 0.3) is 0 Å². The SMILES string of the molecule is Cl.O=C(CC1CCCN1)NCc1ccccc1Cn1cccn1. The van der Waals surface area contributed by atoms with E-state index >= 15 is 0 Å². The Morgan fingerprint density at radius 3 is 2.83 bits per heavy atom. The van der Waals surface area contributed by atoms with Crippen LogP contribution < -0.4 is 10.6 Å². The summed E-state index contributed by atoms with van der Waals surface area (Å²) in [7, 11) is 0. The fraction of sp³-hybridized carbons (Fsp3) is 0.412. The van der Waals surface area contributed by atoms with E-state index in [-0.39, 0.29) is 18.3 Å². The van der Waals surface area contributed by atoms with Crippen molar-refractivity contribution in [2.75, 3.05) is 6.54 Å². The van der Waals surface area contributed by atoms with Crippen molar-refractivity contribution in [1.82, 2.24) is 20.4 Å². The molecule has 2 heterocycles. The van der Waals surface area contributed by atoms with Crippen LogP contribution in [0.1, 0.15) is 30.4 Å². The Hall–Kier alpha value is -1.85. The predicted molar refractivity (Wildman–Crippen MR) is 92.5 cm³/mol. The van der Waals surface area contributed by atoms with Gasteiger partial charge in [-0.3, -0.25) is 9.48 Å². The molecule has 1 unspecified atom stereocenters. The Morgan fingerprint density at radius 1 is 1.30 bits per heavy atom. The number of nitrogens with one attached hydrogen (secondary N) is 2. The van der Waals surface area contributed by atoms with E-state index in [2.05, 4.69) is 27.9 Å². The second kappa shape index (κ2) is 8.70. The normalized spacial score (nSPS) is 16.8. The zero-order valence-corrected chi connectivity index (χ0v) is 13.9. The van der Waals surface area contributed by atoms with E-state index < -0.39 is 0 Å². The van der Waals surface area contributed by atoms with Gasteiger partial charge < -0.3 is 10.6 Å². The van der Waals surface area contributed by atoms with Crippen LogP contribution in [0, 0.1) is 0 Å². The van der Waals surface area contributed by atoms with Gasteiger partial charge in [-0.05, 0) is 36.6 Å². The van der Waals surface area contributed by atoms with Crippen LogP contribution in [0.4, 0.5) is 0 Å². The van der Waals surface area contributed by atoms with Crippen molar-refractivity contribution in [3.8, 4) is 0 Å². The summed E-state index contributed by atoms with van der Waals surface area (Å²) < 4.78 is 1.89. The molecule has 1 amide bonds. The van der Waals surface area contributed by atoms with Gasteiger partial charge in [0.05, 0.1) is 6.54 Å². The summed E-state index contributed by atoms with van der Waals surface area (Å²) in [5.41, 5.74) is 2.33. The molecule has 1 aromatic heterocycles. The minimum atomic E-state index is 0. The first-order valence-corrected chi connectivity index (χ1v) is 7.85. The van der Waals surface area contributed by atoms with Gasteiger partial charge in [-0.1, -0.05) is 24.3 Å². The summed E-state index contributed by atoms with van der Waals surface area (Å²) >= 11 is 0. The molecule has 1 aliphatic heterocycles. The molecule has 23 heavy (non-hydrogen) atoms. The van der Waals surface area contributed by atoms with Crippen molar-refractivity contribution in [1.29, 1.82) is 0 Å². The molecule has 2 aromatic rings. The van der Waals surface area contributed by atoms with E-state index in [9.17, 15) is 4.79 Å². The van der Waals surface area contributed by atoms with Crippen LogP contribution in [-0.2, 0) is 17.9 Å². The van der Waals surface area contributed by atoms with Crippen molar-refractivity contribution < 1.29 is 4.79 Å². The molecular formula is C17H23ClN4O. The van der Waals surface area contributed by atoms with Gasteiger partial charge >= 0.3 is 0 Å². The Bertz CT molecular complexity index is 609. The summed E-state index contributed by atoms with van der Waals surface area (Å²) in [6.07, 6.45) is 6.56. The average Bonchev–Trinajstić information content (AvgIpc) is 3.20. The molecular weight excluding hydrogens is 312 g/mol. The molecule has 6 heteroatoms. The van der Waals surface area contributed by atoms with E-state index in [4.69, 9.17) is 0 Å². The molecule has 0 bridgehead atoms. The summed E-state index contributed by atoms with van der Waals surface area (Å²) in [5.74, 6) is 0.119. The first-order valence-electron chi connectivity index (χ1n) is 7.85. The summed E-state index contributed by atoms with van der Waals surface area (Å²) in [5, 5.41) is 10.6. The van der Waals surface area contributed by atoms with Crippen LogP contribution in [0.2, 0.25) is 0 Å². The highest BCUT2D eigenvalue weighted by Crippen LogP contribution is 2.11. The van der Waals surface area contributed by atoms with E-state index in [1.165, 1.54) is 12.0 Å². The van der Waals surface area contributed by atoms with Crippen LogP contribution in [0.25, 0.3) is 0 Å². The summed E-state index contributed by atoms with van der Waals surface area (Å²) in [4.78, 5) is 12.0. The third-order valence-corrected chi connectivity index (χ3v) is 4.08. The Balaban J connectivity index is 0.00000192. The number of aromatic nitrogens is 2. The second-order valence-corrected chi connectivity index (χ2v) is 5.75. The first kappa shape index (κ1) is 17.5. The van der Waals surface area contributed by atoms with Crippen LogP contribution >= 0.6 is 12.4 Å². The van der Waals surface area contributed by atoms with E-state index in [0.717, 1.165) is 25.1 Å². The van der Waals surface area contributed by atoms with Crippen molar-refractivity contribution in [2.24, 2.45) is 0 Å². The fourth-order valence-corrected chi connectivity index (χ4v) is 2.87. The minimum absolute atomic E-state index is 0. The third-order valence-electron chi connectivity index (χ3n) is 4.08. The van der Waals surface area contributed by atoms with Crippen LogP contribution in [-0.4, -0.2) is 28.3 Å². The van der Waals surface area contributed by atoms with Gasteiger partial charge in [-0.25, -0.2) is 0 Å². The zero-order chi connectivity index (χ0) is 15.2. The summed E-state index contributed by atoms with van der Waals surface area (Å²) in [6, 6.07) is 10.4. The predicted octanol–water partition coefficient (Wildman–Crippen LogP) is 2.11. The molecule has 1 aliphatic rings. The highest BCUT2D eigenvalue weighted by molar-refractivity contribution is 5.85. The van der Waals surface area contributed by atoms with E-state index in [1.807, 2.05) is 29.1 Å². The lowest BCUT2D eigenvalue weighted by Crippen LogP contribution is -2.31. The number of amides is 1. The van der Waals surface area contributed by atoms with Crippen molar-refractivity contribution in [2.45, 2.75) is 38.4 Å². The smallest absolute Gasteiger partial charge is 0.221 e. The highest BCUT2D eigenvalue weighted by atomic mass is 35.5. The summed E-state index contributed by atoms with van der Waals surface area (Å²) in [6.45, 7) is 2.33. The molecule has 0 radical (unpaired) electrons. The Morgan fingerprint density at radius 2 is 2.13 bits per heavy atom. The van der Waals surface area contributed by atoms with Gasteiger partial charge in [0.2, 0.25) is 5.91 Å². The van der Waals surface area contributed by atoms with E-state index in [1.54, 1.807) is 6.20 Å². The lowest BCUT2D eigenvalue weighted by atomic mass is 10.1. The Labute approximate surface area is 142 Å². The van der Waals surface area contributed by atoms with Gasteiger partial charge in [-0.15, -0.1) is 12.4 Å². The maximum absolute atomic E-state index is 12.0. The fourth-order valence-electron chi connectivity index (χ4n) is 2.87. The van der Waals surface area contributed by atoms with Crippen molar-refractivity contribution in [3.63, 3.8) is 0 Å². The molecule has 0 spiro atoms. The molecule has 1 atom stereocenters. The number of rotatable bonds is 6. The monoisotopic (exact) mass is 334 g/mol. The first-order chi connectivity index (χ1) is 10.8. The average molecular weight is 335 g/mol. The number of hydrogen-bond donors (Lipinski definition) is 2. The maximum Gasteiger partial charge on any atom is 0.221 e. The number of carbonyl (C=O) groups is 1. The number of hydrogen-bond acceptors (Lipinski definition) is 3. The van der Waals surface area contributed by atoms with E-state index in [0.29, 0.717) is 19.0 Å². The third kappa shape index (κ3) is 5.08. The lowest BCUT2D eigenvalue weighted by Gasteiger charge is -2.13. The molecule has 1 aromatic carbocycles. The quantitative estimate of drug-likeness (QED) is 0.850. The van der Waals surface area contributed by atoms with Crippen LogP contribution in [0.15, 0.2) is 42.7 Å². The van der Waals surface area contributed by atoms with Crippen LogP contribution in [0.5, 0.6) is 0 Å². The minimum Gasteiger partial charge on any atom is -0.352 e. The van der Waals surface area contributed by atoms with Gasteiger partial charge in [0, 0.05) is 31.4 Å². The molecule has 124 valence electrons. The molecule has 3 rings (SSSR count). The second-order valence-electron chi connectivity index (χ2n) is 5.75. The topological polar surface area (TPSA) is 59.0 Å². The highest BCUT2D eigenvalue weighted by Gasteiger charge is 2.17. The lowest BCUT2D eigenvalue weighted by molar-refractivity contribution is -0.121. The standard InChI is InChI=1S/C17H22N4O.ClH/c22-17(11-16-7-3-8-18-16)19-12-14-5-1-2-6-15(14)13-21-10-4-9-20-21;/h1-2,4-6,9-10,16,18H,3,7-8,11-13H2,(H,19,22);1H. The maximum atomic E-state index is 12.0. The van der Waals surface area contributed by atoms with Crippen molar-refractivity contribution >= 4 is 18.3 Å². The molecule has 0 aliphatic carbocycles. The van der Waals surface area contributed by atoms with Gasteiger partial charge in [0.1, 0.15) is 0 Å². The number of benzene rings is 1. The molecule has 2 N–H and O–H groups in total. The molecule has 5 nitrogen and oxygen atoms in total. The number of carbonyl (C=O) groups excluding carboxylic acids is 1. The molecule has 1 fully saturated rings. The largest absolute Gasteiger partial charge is 0.352 e. The molecule has 0 saturated carbocycles. The zero-order valence-electron chi connectivity index (χ0n) is 13.1. The molecule has 1 saturated heterocycles. The van der Waals surface area contributed by atoms with Gasteiger partial charge in [0.15, 0.2) is 0 Å². The number of halogens is 1. The Kier molecular flexibility index (Phi) is 6.62. The van der Waals surface area contributed by atoms with Crippen molar-refractivity contribution in [3.05, 3.63) is 53.9 Å².